The molecule has 35 heavy (non-hydrogen) atoms. The van der Waals surface area contributed by atoms with Gasteiger partial charge in [-0.15, -0.1) is 0 Å². The molecule has 0 aliphatic heterocycles. The van der Waals surface area contributed by atoms with E-state index >= 15 is 0 Å². The molecule has 0 radical (unpaired) electrons. The molecule has 3 aromatic heterocycles. The molecule has 4 N–H and O–H groups in total. The summed E-state index contributed by atoms with van der Waals surface area (Å²) in [6, 6.07) is 12.5. The number of ether oxygens (including phenoxy) is 2. The maximum Gasteiger partial charge on any atom is 0.213 e. The Kier molecular flexibility index (Phi) is 7.25. The van der Waals surface area contributed by atoms with Crippen molar-refractivity contribution in [1.29, 1.82) is 0 Å². The number of nitrogens with two attached hydrogens (primary N) is 2. The number of aromatic nitrogens is 3. The number of hydrogen-bond donors (Lipinski definition) is 2. The lowest BCUT2D eigenvalue weighted by Gasteiger charge is -2.34. The molecule has 3 heterocycles. The van der Waals surface area contributed by atoms with Gasteiger partial charge in [0.05, 0.1) is 5.52 Å². The van der Waals surface area contributed by atoms with Crippen molar-refractivity contribution in [2.24, 2.45) is 18.5 Å². The standard InChI is InChI=1S/C26H27N5O2.C2H6/c1-16(27)3-7-25(28)32-19-12-20(13-19)33-26-8-5-18(14-30-26)17-4-6-21-22-15-29-10-9-23(22)31(2)24(21)11-17;1-2/h3-11,14-15,19-20H,12-13,27-28H2,1-2H3;1-2H3/b16-3-,25-7+;. The molecule has 0 amide bonds. The van der Waals surface area contributed by atoms with Crippen LogP contribution in [0.3, 0.4) is 0 Å². The fourth-order valence-corrected chi connectivity index (χ4v) is 4.18. The van der Waals surface area contributed by atoms with Gasteiger partial charge in [0.2, 0.25) is 5.88 Å². The van der Waals surface area contributed by atoms with E-state index < -0.39 is 0 Å². The summed E-state index contributed by atoms with van der Waals surface area (Å²) in [5, 5.41) is 2.36. The average molecular weight is 472 g/mol. The lowest BCUT2D eigenvalue weighted by atomic mass is 9.92. The second kappa shape index (κ2) is 10.5. The molecular formula is C28H33N5O2. The zero-order chi connectivity index (χ0) is 24.9. The Hall–Kier alpha value is -4.00. The van der Waals surface area contributed by atoms with Crippen LogP contribution in [0.2, 0.25) is 0 Å². The molecular weight excluding hydrogens is 438 g/mol. The van der Waals surface area contributed by atoms with E-state index in [1.54, 1.807) is 19.1 Å². The Morgan fingerprint density at radius 1 is 0.943 bits per heavy atom. The summed E-state index contributed by atoms with van der Waals surface area (Å²) in [5.74, 6) is 0.981. The largest absolute Gasteiger partial charge is 0.476 e. The van der Waals surface area contributed by atoms with Gasteiger partial charge < -0.3 is 25.5 Å². The van der Waals surface area contributed by atoms with E-state index in [0.717, 1.165) is 29.4 Å². The number of nitrogens with zero attached hydrogens (tertiary/aromatic N) is 3. The third-order valence-electron chi connectivity index (χ3n) is 6.03. The van der Waals surface area contributed by atoms with Gasteiger partial charge in [-0.25, -0.2) is 4.98 Å². The van der Waals surface area contributed by atoms with Crippen molar-refractivity contribution in [1.82, 2.24) is 14.5 Å². The number of pyridine rings is 2. The van der Waals surface area contributed by atoms with Crippen LogP contribution in [0.15, 0.2) is 78.7 Å². The van der Waals surface area contributed by atoms with Crippen molar-refractivity contribution in [3.8, 4) is 17.0 Å². The second-order valence-corrected chi connectivity index (χ2v) is 8.50. The predicted octanol–water partition coefficient (Wildman–Crippen LogP) is 5.40. The zero-order valence-corrected chi connectivity index (χ0v) is 20.7. The molecule has 0 spiro atoms. The molecule has 4 aromatic rings. The Morgan fingerprint density at radius 2 is 1.71 bits per heavy atom. The van der Waals surface area contributed by atoms with Crippen LogP contribution in [0.5, 0.6) is 5.88 Å². The molecule has 0 atom stereocenters. The predicted molar refractivity (Wildman–Crippen MR) is 142 cm³/mol. The molecule has 1 saturated carbocycles. The summed E-state index contributed by atoms with van der Waals surface area (Å²) in [7, 11) is 2.08. The number of benzene rings is 1. The Balaban J connectivity index is 0.00000141. The summed E-state index contributed by atoms with van der Waals surface area (Å²) in [4.78, 5) is 8.79. The van der Waals surface area contributed by atoms with Gasteiger partial charge in [0.25, 0.3) is 0 Å². The number of fused-ring (bicyclic) bond motifs is 3. The third-order valence-corrected chi connectivity index (χ3v) is 6.03. The molecule has 182 valence electrons. The van der Waals surface area contributed by atoms with Gasteiger partial charge in [-0.1, -0.05) is 26.0 Å². The first-order valence-corrected chi connectivity index (χ1v) is 12.0. The topological polar surface area (TPSA) is 101 Å². The monoisotopic (exact) mass is 471 g/mol. The van der Waals surface area contributed by atoms with Gasteiger partial charge in [0, 0.05) is 72.1 Å². The molecule has 1 aliphatic carbocycles. The van der Waals surface area contributed by atoms with E-state index in [-0.39, 0.29) is 12.2 Å². The van der Waals surface area contributed by atoms with Gasteiger partial charge in [0.15, 0.2) is 5.88 Å². The molecule has 5 rings (SSSR count). The summed E-state index contributed by atoms with van der Waals surface area (Å²) in [6.45, 7) is 5.80. The SMILES string of the molecule is C/C(N)=C/C=C(\N)OC1CC(Oc2ccc(-c3ccc4c5cnccc5n(C)c4c3)cn2)C1.CC. The highest BCUT2D eigenvalue weighted by atomic mass is 16.5. The van der Waals surface area contributed by atoms with Crippen molar-refractivity contribution in [2.45, 2.75) is 45.8 Å². The zero-order valence-electron chi connectivity index (χ0n) is 20.7. The Bertz CT molecular complexity index is 1360. The average Bonchev–Trinajstić information content (AvgIpc) is 3.14. The quantitative estimate of drug-likeness (QED) is 0.288. The molecule has 1 aliphatic rings. The van der Waals surface area contributed by atoms with Crippen molar-refractivity contribution in [3.63, 3.8) is 0 Å². The van der Waals surface area contributed by atoms with E-state index in [1.165, 1.54) is 16.4 Å². The van der Waals surface area contributed by atoms with Crippen LogP contribution in [0.25, 0.3) is 32.9 Å². The van der Waals surface area contributed by atoms with Gasteiger partial charge in [-0.05, 0) is 42.8 Å². The number of hydrogen-bond acceptors (Lipinski definition) is 6. The minimum absolute atomic E-state index is 0.0553. The number of allylic oxidation sites excluding steroid dienone is 3. The molecule has 0 unspecified atom stereocenters. The van der Waals surface area contributed by atoms with Crippen molar-refractivity contribution < 1.29 is 9.47 Å². The Morgan fingerprint density at radius 3 is 2.43 bits per heavy atom. The highest BCUT2D eigenvalue weighted by molar-refractivity contribution is 6.08. The lowest BCUT2D eigenvalue weighted by Crippen LogP contribution is -2.40. The molecule has 7 heteroatoms. The van der Waals surface area contributed by atoms with Gasteiger partial charge >= 0.3 is 0 Å². The maximum atomic E-state index is 5.99. The minimum atomic E-state index is 0.0553. The first-order chi connectivity index (χ1) is 17.0. The first kappa shape index (κ1) is 24.1. The third kappa shape index (κ3) is 5.24. The molecule has 1 fully saturated rings. The van der Waals surface area contributed by atoms with E-state index in [4.69, 9.17) is 20.9 Å². The molecule has 0 saturated heterocycles. The summed E-state index contributed by atoms with van der Waals surface area (Å²) >= 11 is 0. The van der Waals surface area contributed by atoms with E-state index in [1.807, 2.05) is 50.6 Å². The highest BCUT2D eigenvalue weighted by Crippen LogP contribution is 2.32. The van der Waals surface area contributed by atoms with E-state index in [2.05, 4.69) is 39.8 Å². The van der Waals surface area contributed by atoms with Gasteiger partial charge in [0.1, 0.15) is 12.2 Å². The van der Waals surface area contributed by atoms with Gasteiger partial charge in [-0.2, -0.15) is 0 Å². The van der Waals surface area contributed by atoms with Crippen LogP contribution >= 0.6 is 0 Å². The van der Waals surface area contributed by atoms with E-state index in [0.29, 0.717) is 17.5 Å². The molecule has 1 aromatic carbocycles. The number of rotatable bonds is 6. The van der Waals surface area contributed by atoms with Crippen molar-refractivity contribution in [2.75, 3.05) is 0 Å². The maximum absolute atomic E-state index is 5.99. The fourth-order valence-electron chi connectivity index (χ4n) is 4.18. The summed E-state index contributed by atoms with van der Waals surface area (Å²) < 4.78 is 13.9. The van der Waals surface area contributed by atoms with Crippen LogP contribution in [0.4, 0.5) is 0 Å². The van der Waals surface area contributed by atoms with Gasteiger partial charge in [-0.3, -0.25) is 4.98 Å². The van der Waals surface area contributed by atoms with Crippen LogP contribution < -0.4 is 16.2 Å². The number of aryl methyl sites for hydroxylation is 1. The van der Waals surface area contributed by atoms with Crippen LogP contribution in [-0.4, -0.2) is 26.7 Å². The first-order valence-electron chi connectivity index (χ1n) is 12.0. The van der Waals surface area contributed by atoms with Crippen molar-refractivity contribution in [3.05, 3.63) is 78.7 Å². The molecule has 7 nitrogen and oxygen atoms in total. The normalized spacial score (nSPS) is 18.1. The summed E-state index contributed by atoms with van der Waals surface area (Å²) in [5.41, 5.74) is 16.6. The molecule has 0 bridgehead atoms. The minimum Gasteiger partial charge on any atom is -0.476 e. The smallest absolute Gasteiger partial charge is 0.213 e. The van der Waals surface area contributed by atoms with Crippen LogP contribution in [0.1, 0.15) is 33.6 Å². The fraction of sp³-hybridized carbons (Fsp3) is 0.286. The highest BCUT2D eigenvalue weighted by Gasteiger charge is 2.33. The summed E-state index contributed by atoms with van der Waals surface area (Å²) in [6.07, 6.45) is 10.7. The van der Waals surface area contributed by atoms with E-state index in [9.17, 15) is 0 Å². The van der Waals surface area contributed by atoms with Crippen molar-refractivity contribution >= 4 is 21.8 Å². The van der Waals surface area contributed by atoms with Crippen LogP contribution in [0, 0.1) is 0 Å². The Labute approximate surface area is 206 Å². The second-order valence-electron chi connectivity index (χ2n) is 8.50. The van der Waals surface area contributed by atoms with Crippen LogP contribution in [-0.2, 0) is 11.8 Å². The lowest BCUT2D eigenvalue weighted by molar-refractivity contribution is -0.0334.